The second kappa shape index (κ2) is 6.37. The van der Waals surface area contributed by atoms with Gasteiger partial charge >= 0.3 is 0 Å². The molecule has 0 bridgehead atoms. The Kier molecular flexibility index (Phi) is 4.51. The number of nitrogens with zero attached hydrogens (tertiary/aromatic N) is 1. The van der Waals surface area contributed by atoms with Gasteiger partial charge in [-0.2, -0.15) is 0 Å². The van der Waals surface area contributed by atoms with E-state index in [1.807, 2.05) is 0 Å². The Morgan fingerprint density at radius 1 is 1.24 bits per heavy atom. The lowest BCUT2D eigenvalue weighted by molar-refractivity contribution is 0.173. The quantitative estimate of drug-likeness (QED) is 0.923. The van der Waals surface area contributed by atoms with Gasteiger partial charge in [0.15, 0.2) is 0 Å². The molecule has 2 aliphatic rings. The molecular weight excluding hydrogens is 260 g/mol. The zero-order valence-corrected chi connectivity index (χ0v) is 13.4. The van der Waals surface area contributed by atoms with Crippen molar-refractivity contribution in [3.05, 3.63) is 29.8 Å². The van der Waals surface area contributed by atoms with E-state index in [4.69, 9.17) is 4.74 Å². The van der Waals surface area contributed by atoms with Crippen molar-refractivity contribution < 1.29 is 4.74 Å². The molecule has 21 heavy (non-hydrogen) atoms. The number of para-hydroxylation sites is 1. The molecule has 1 aromatic carbocycles. The fourth-order valence-electron chi connectivity index (χ4n) is 3.98. The predicted octanol–water partition coefficient (Wildman–Crippen LogP) is 3.33. The van der Waals surface area contributed by atoms with Crippen molar-refractivity contribution in [3.63, 3.8) is 0 Å². The zero-order valence-electron chi connectivity index (χ0n) is 13.4. The molecule has 3 rings (SSSR count). The molecule has 116 valence electrons. The molecule has 0 aromatic heterocycles. The van der Waals surface area contributed by atoms with Crippen LogP contribution in [0.15, 0.2) is 24.3 Å². The van der Waals surface area contributed by atoms with Crippen LogP contribution in [0.2, 0.25) is 0 Å². The van der Waals surface area contributed by atoms with Crippen molar-refractivity contribution in [3.8, 4) is 0 Å². The van der Waals surface area contributed by atoms with Crippen molar-refractivity contribution in [1.29, 1.82) is 0 Å². The van der Waals surface area contributed by atoms with Crippen LogP contribution in [0, 0.1) is 0 Å². The minimum absolute atomic E-state index is 0.291. The monoisotopic (exact) mass is 288 g/mol. The third kappa shape index (κ3) is 3.09. The number of benzene rings is 1. The van der Waals surface area contributed by atoms with Crippen LogP contribution in [0.1, 0.15) is 44.6 Å². The second-order valence-electron chi connectivity index (χ2n) is 6.76. The normalized spacial score (nSPS) is 22.7. The van der Waals surface area contributed by atoms with Gasteiger partial charge in [-0.15, -0.1) is 0 Å². The van der Waals surface area contributed by atoms with E-state index in [2.05, 4.69) is 41.4 Å². The van der Waals surface area contributed by atoms with Gasteiger partial charge in [-0.25, -0.2) is 0 Å². The summed E-state index contributed by atoms with van der Waals surface area (Å²) >= 11 is 0. The number of rotatable bonds is 3. The second-order valence-corrected chi connectivity index (χ2v) is 6.76. The van der Waals surface area contributed by atoms with Crippen molar-refractivity contribution in [2.24, 2.45) is 0 Å². The molecule has 1 fully saturated rings. The van der Waals surface area contributed by atoms with Crippen molar-refractivity contribution >= 4 is 5.69 Å². The zero-order chi connectivity index (χ0) is 14.7. The predicted molar refractivity (Wildman–Crippen MR) is 87.8 cm³/mol. The summed E-state index contributed by atoms with van der Waals surface area (Å²) in [6, 6.07) is 9.25. The van der Waals surface area contributed by atoms with Crippen molar-refractivity contribution in [2.45, 2.75) is 57.2 Å². The van der Waals surface area contributed by atoms with E-state index < -0.39 is 0 Å². The van der Waals surface area contributed by atoms with Crippen LogP contribution in [0.5, 0.6) is 0 Å². The first kappa shape index (κ1) is 14.9. The SMILES string of the molecule is COCC(C)N1CC2(CCCCC2)NCc2ccccc21. The van der Waals surface area contributed by atoms with E-state index in [0.717, 1.165) is 19.7 Å². The molecule has 1 unspecified atom stereocenters. The van der Waals surface area contributed by atoms with E-state index in [1.54, 1.807) is 7.11 Å². The van der Waals surface area contributed by atoms with Crippen LogP contribution in [0.25, 0.3) is 0 Å². The summed E-state index contributed by atoms with van der Waals surface area (Å²) in [5.41, 5.74) is 3.10. The standard InChI is InChI=1S/C18H28N2O/c1-15(13-21-2)20-14-18(10-6-3-7-11-18)19-12-16-8-4-5-9-17(16)20/h4-5,8-9,15,19H,3,6-7,10-14H2,1-2H3. The highest BCUT2D eigenvalue weighted by molar-refractivity contribution is 5.56. The van der Waals surface area contributed by atoms with E-state index in [0.29, 0.717) is 11.6 Å². The molecule has 3 heteroatoms. The summed E-state index contributed by atoms with van der Waals surface area (Å²) < 4.78 is 5.43. The van der Waals surface area contributed by atoms with Crippen LogP contribution in [-0.2, 0) is 11.3 Å². The summed E-state index contributed by atoms with van der Waals surface area (Å²) in [5, 5.41) is 3.90. The Balaban J connectivity index is 1.91. The van der Waals surface area contributed by atoms with Gasteiger partial charge in [0.2, 0.25) is 0 Å². The Morgan fingerprint density at radius 3 is 2.76 bits per heavy atom. The fraction of sp³-hybridized carbons (Fsp3) is 0.667. The average Bonchev–Trinajstić information content (AvgIpc) is 2.67. The molecule has 0 saturated heterocycles. The van der Waals surface area contributed by atoms with E-state index in [-0.39, 0.29) is 0 Å². The molecule has 1 aliphatic carbocycles. The third-order valence-electron chi connectivity index (χ3n) is 5.18. The minimum atomic E-state index is 0.291. The molecule has 1 saturated carbocycles. The number of anilines is 1. The van der Waals surface area contributed by atoms with Gasteiger partial charge in [0.05, 0.1) is 6.61 Å². The largest absolute Gasteiger partial charge is 0.383 e. The van der Waals surface area contributed by atoms with Gasteiger partial charge in [-0.3, -0.25) is 0 Å². The molecule has 0 radical (unpaired) electrons. The number of fused-ring (bicyclic) bond motifs is 1. The van der Waals surface area contributed by atoms with E-state index in [1.165, 1.54) is 43.4 Å². The Labute approximate surface area is 128 Å². The maximum atomic E-state index is 5.43. The number of ether oxygens (including phenoxy) is 1. The van der Waals surface area contributed by atoms with Gasteiger partial charge in [-0.05, 0) is 31.4 Å². The van der Waals surface area contributed by atoms with Crippen LogP contribution >= 0.6 is 0 Å². The number of hydrogen-bond acceptors (Lipinski definition) is 3. The summed E-state index contributed by atoms with van der Waals surface area (Å²) in [5.74, 6) is 0. The lowest BCUT2D eigenvalue weighted by Gasteiger charge is -2.42. The molecule has 0 amide bonds. The maximum Gasteiger partial charge on any atom is 0.0663 e. The van der Waals surface area contributed by atoms with E-state index in [9.17, 15) is 0 Å². The molecular formula is C18H28N2O. The summed E-state index contributed by atoms with van der Waals surface area (Å²) in [4.78, 5) is 2.57. The Hall–Kier alpha value is -1.06. The molecule has 3 nitrogen and oxygen atoms in total. The van der Waals surface area contributed by atoms with Gasteiger partial charge < -0.3 is 15.0 Å². The number of methoxy groups -OCH3 is 1. The number of hydrogen-bond donors (Lipinski definition) is 1. The summed E-state index contributed by atoms with van der Waals surface area (Å²) in [6.07, 6.45) is 6.71. The minimum Gasteiger partial charge on any atom is -0.383 e. The topological polar surface area (TPSA) is 24.5 Å². The lowest BCUT2D eigenvalue weighted by Crippen LogP contribution is -2.55. The van der Waals surface area contributed by atoms with Gasteiger partial charge in [0.25, 0.3) is 0 Å². The Bertz CT molecular complexity index is 468. The van der Waals surface area contributed by atoms with Crippen LogP contribution < -0.4 is 10.2 Å². The first-order valence-corrected chi connectivity index (χ1v) is 8.33. The highest BCUT2D eigenvalue weighted by atomic mass is 16.5. The third-order valence-corrected chi connectivity index (χ3v) is 5.18. The smallest absolute Gasteiger partial charge is 0.0663 e. The number of nitrogens with one attached hydrogen (secondary N) is 1. The molecule has 1 aliphatic heterocycles. The summed E-state index contributed by atoms with van der Waals surface area (Å²) in [6.45, 7) is 5.16. The molecule has 1 spiro atoms. The van der Waals surface area contributed by atoms with Crippen LogP contribution in [0.4, 0.5) is 5.69 Å². The van der Waals surface area contributed by atoms with Crippen molar-refractivity contribution in [1.82, 2.24) is 5.32 Å². The molecule has 1 aromatic rings. The highest BCUT2D eigenvalue weighted by Crippen LogP contribution is 2.35. The molecule has 1 heterocycles. The first-order chi connectivity index (χ1) is 10.2. The van der Waals surface area contributed by atoms with Crippen LogP contribution in [0.3, 0.4) is 0 Å². The summed E-state index contributed by atoms with van der Waals surface area (Å²) in [7, 11) is 1.80. The van der Waals surface area contributed by atoms with Gasteiger partial charge in [-0.1, -0.05) is 37.5 Å². The highest BCUT2D eigenvalue weighted by Gasteiger charge is 2.37. The lowest BCUT2D eigenvalue weighted by atomic mass is 9.81. The first-order valence-electron chi connectivity index (χ1n) is 8.33. The van der Waals surface area contributed by atoms with Gasteiger partial charge in [0, 0.05) is 37.5 Å². The van der Waals surface area contributed by atoms with Crippen molar-refractivity contribution in [2.75, 3.05) is 25.2 Å². The molecule has 1 atom stereocenters. The maximum absolute atomic E-state index is 5.43. The van der Waals surface area contributed by atoms with Gasteiger partial charge in [0.1, 0.15) is 0 Å². The van der Waals surface area contributed by atoms with Crippen LogP contribution in [-0.4, -0.2) is 31.8 Å². The fourth-order valence-corrected chi connectivity index (χ4v) is 3.98. The Morgan fingerprint density at radius 2 is 2.00 bits per heavy atom. The molecule has 1 N–H and O–H groups in total. The van der Waals surface area contributed by atoms with E-state index >= 15 is 0 Å². The average molecular weight is 288 g/mol.